The van der Waals surface area contributed by atoms with Gasteiger partial charge >= 0.3 is 0 Å². The fraction of sp³-hybridized carbons (Fsp3) is 0.857. The van der Waals surface area contributed by atoms with E-state index < -0.39 is 0 Å². The lowest BCUT2D eigenvalue weighted by Gasteiger charge is -1.90. The summed E-state index contributed by atoms with van der Waals surface area (Å²) in [5, 5.41) is 0. The maximum absolute atomic E-state index is 3.00. The van der Waals surface area contributed by atoms with Crippen molar-refractivity contribution in [2.45, 2.75) is 74.1 Å². The van der Waals surface area contributed by atoms with E-state index in [1.807, 2.05) is 13.8 Å². The van der Waals surface area contributed by atoms with E-state index in [1.165, 1.54) is 25.7 Å². The normalized spacial score (nSPS) is 7.14. The highest BCUT2D eigenvalue weighted by Crippen LogP contribution is 1.93. The fourth-order valence-corrected chi connectivity index (χ4v) is 0.354. The maximum Gasteiger partial charge on any atom is -0.0474 e. The number of hydrogen-bond donors (Lipinski definition) is 0. The average Bonchev–Trinajstić information content (AvgIpc) is 2.26. The molecule has 90 valence electrons. The molecule has 0 heteroatoms. The van der Waals surface area contributed by atoms with E-state index in [4.69, 9.17) is 0 Å². The second kappa shape index (κ2) is 38.7. The second-order valence-electron chi connectivity index (χ2n) is 3.16. The lowest BCUT2D eigenvalue weighted by molar-refractivity contribution is 0.626. The molecule has 0 heterocycles. The summed E-state index contributed by atoms with van der Waals surface area (Å²) >= 11 is 0. The number of rotatable bonds is 3. The first-order valence-corrected chi connectivity index (χ1v) is 6.18. The second-order valence-corrected chi connectivity index (χ2v) is 3.16. The van der Waals surface area contributed by atoms with Crippen molar-refractivity contribution in [2.24, 2.45) is 5.92 Å². The van der Waals surface area contributed by atoms with Crippen molar-refractivity contribution in [2.75, 3.05) is 0 Å². The Hall–Kier alpha value is -0.260. The van der Waals surface area contributed by atoms with Gasteiger partial charge in [0.25, 0.3) is 0 Å². The third kappa shape index (κ3) is 96.8. The van der Waals surface area contributed by atoms with Crippen LogP contribution in [0.4, 0.5) is 0 Å². The van der Waals surface area contributed by atoms with E-state index in [1.54, 1.807) is 0 Å². The van der Waals surface area contributed by atoms with Gasteiger partial charge in [0.05, 0.1) is 0 Å². The first-order chi connectivity index (χ1) is 6.68. The molecule has 0 nitrogen and oxygen atoms in total. The molecule has 0 aromatic rings. The Kier molecular flexibility index (Phi) is 64.9. The number of hydrogen-bond acceptors (Lipinski definition) is 0. The van der Waals surface area contributed by atoms with E-state index in [0.717, 1.165) is 5.92 Å². The van der Waals surface area contributed by atoms with Gasteiger partial charge in [0.2, 0.25) is 0 Å². The predicted octanol–water partition coefficient (Wildman–Crippen LogP) is 6.08. The molecule has 0 unspecified atom stereocenters. The summed E-state index contributed by atoms with van der Waals surface area (Å²) in [6.07, 6.45) is 5.38. The molecule has 0 aliphatic rings. The Balaban J connectivity index is -0.0000000528. The molecule has 0 aliphatic heterocycles. The Morgan fingerprint density at radius 3 is 1.07 bits per heavy atom. The summed E-state index contributed by atoms with van der Waals surface area (Å²) in [6, 6.07) is 0. The summed E-state index contributed by atoms with van der Waals surface area (Å²) in [5.74, 6) is 0.884. The van der Waals surface area contributed by atoms with Crippen LogP contribution in [-0.4, -0.2) is 0 Å². The Morgan fingerprint density at radius 2 is 1.07 bits per heavy atom. The molecule has 0 saturated heterocycles. The van der Waals surface area contributed by atoms with Crippen molar-refractivity contribution in [3.05, 3.63) is 13.2 Å². The summed E-state index contributed by atoms with van der Waals surface area (Å²) in [5.41, 5.74) is 0. The minimum absolute atomic E-state index is 0.884. The molecular formula is C14H34. The summed E-state index contributed by atoms with van der Waals surface area (Å²) < 4.78 is 0. The molecule has 0 spiro atoms. The highest BCUT2D eigenvalue weighted by Gasteiger charge is 1.80. The van der Waals surface area contributed by atoms with Crippen LogP contribution in [0.3, 0.4) is 0 Å². The van der Waals surface area contributed by atoms with Crippen LogP contribution in [-0.2, 0) is 0 Å². The first kappa shape index (κ1) is 23.5. The van der Waals surface area contributed by atoms with Gasteiger partial charge in [-0.3, -0.25) is 0 Å². The third-order valence-electron chi connectivity index (χ3n) is 1.52. The van der Waals surface area contributed by atoms with E-state index in [9.17, 15) is 0 Å². The van der Waals surface area contributed by atoms with Crippen LogP contribution in [0.2, 0.25) is 0 Å². The van der Waals surface area contributed by atoms with Crippen molar-refractivity contribution in [1.29, 1.82) is 0 Å². The molecule has 0 aliphatic carbocycles. The van der Waals surface area contributed by atoms with Gasteiger partial charge < -0.3 is 0 Å². The Labute approximate surface area is 93.8 Å². The van der Waals surface area contributed by atoms with Crippen LogP contribution in [0.1, 0.15) is 74.1 Å². The summed E-state index contributed by atoms with van der Waals surface area (Å²) in [6.45, 7) is 21.1. The van der Waals surface area contributed by atoms with Gasteiger partial charge in [-0.1, -0.05) is 74.1 Å². The van der Waals surface area contributed by atoms with E-state index in [0.29, 0.717) is 0 Å². The zero-order chi connectivity index (χ0) is 12.4. The van der Waals surface area contributed by atoms with Gasteiger partial charge in [0.1, 0.15) is 0 Å². The predicted molar refractivity (Wildman–Crippen MR) is 72.9 cm³/mol. The number of unbranched alkanes of at least 4 members (excludes halogenated alkanes) is 2. The van der Waals surface area contributed by atoms with Crippen molar-refractivity contribution in [3.8, 4) is 0 Å². The molecule has 0 aromatic heterocycles. The van der Waals surface area contributed by atoms with Gasteiger partial charge in [-0.2, -0.15) is 0 Å². The summed E-state index contributed by atoms with van der Waals surface area (Å²) in [7, 11) is 0. The fourth-order valence-electron chi connectivity index (χ4n) is 0.354. The van der Waals surface area contributed by atoms with Crippen molar-refractivity contribution < 1.29 is 0 Å². The molecule has 0 N–H and O–H groups in total. The molecule has 0 bridgehead atoms. The lowest BCUT2D eigenvalue weighted by Crippen LogP contribution is -1.77. The van der Waals surface area contributed by atoms with Crippen LogP contribution < -0.4 is 0 Å². The first-order valence-electron chi connectivity index (χ1n) is 6.18. The summed E-state index contributed by atoms with van der Waals surface area (Å²) in [4.78, 5) is 0. The zero-order valence-corrected chi connectivity index (χ0v) is 11.8. The minimum atomic E-state index is 0.884. The molecule has 0 rings (SSSR count). The van der Waals surface area contributed by atoms with Gasteiger partial charge in [0.15, 0.2) is 0 Å². The van der Waals surface area contributed by atoms with E-state index >= 15 is 0 Å². The highest BCUT2D eigenvalue weighted by molar-refractivity contribution is 4.32. The van der Waals surface area contributed by atoms with Crippen LogP contribution >= 0.6 is 0 Å². The molecule has 0 radical (unpaired) electrons. The minimum Gasteiger partial charge on any atom is -0.106 e. The SMILES string of the molecule is C=C.CC.CCC(C)C.CCCCC. The molecular weight excluding hydrogens is 168 g/mol. The smallest absolute Gasteiger partial charge is 0.0474 e. The Bertz CT molecular complexity index is 44.0. The van der Waals surface area contributed by atoms with Crippen molar-refractivity contribution >= 4 is 0 Å². The standard InChI is InChI=1S/2C5H12.C2H6.C2H4/c1-4-5(2)3;1-3-5-4-2;2*1-2/h5H,4H2,1-3H3;3-5H2,1-2H3;1-2H3;1-2H2. The topological polar surface area (TPSA) is 0 Å². The zero-order valence-electron chi connectivity index (χ0n) is 11.8. The van der Waals surface area contributed by atoms with Gasteiger partial charge in [-0.15, -0.1) is 13.2 Å². The molecule has 14 heavy (non-hydrogen) atoms. The lowest BCUT2D eigenvalue weighted by atomic mass is 10.2. The van der Waals surface area contributed by atoms with Gasteiger partial charge in [-0.05, 0) is 5.92 Å². The Morgan fingerprint density at radius 1 is 0.857 bits per heavy atom. The molecule has 0 aromatic carbocycles. The van der Waals surface area contributed by atoms with E-state index in [-0.39, 0.29) is 0 Å². The van der Waals surface area contributed by atoms with Crippen LogP contribution in [0.25, 0.3) is 0 Å². The van der Waals surface area contributed by atoms with Crippen LogP contribution in [0.5, 0.6) is 0 Å². The third-order valence-corrected chi connectivity index (χ3v) is 1.52. The van der Waals surface area contributed by atoms with Crippen molar-refractivity contribution in [3.63, 3.8) is 0 Å². The molecule has 0 amide bonds. The molecule has 0 fully saturated rings. The van der Waals surface area contributed by atoms with Crippen molar-refractivity contribution in [1.82, 2.24) is 0 Å². The average molecular weight is 202 g/mol. The quantitative estimate of drug-likeness (QED) is 0.487. The van der Waals surface area contributed by atoms with Crippen LogP contribution in [0, 0.1) is 5.92 Å². The largest absolute Gasteiger partial charge is 0.106 e. The van der Waals surface area contributed by atoms with E-state index in [2.05, 4.69) is 47.8 Å². The maximum atomic E-state index is 3.00. The van der Waals surface area contributed by atoms with Crippen LogP contribution in [0.15, 0.2) is 13.2 Å². The van der Waals surface area contributed by atoms with Gasteiger partial charge in [0, 0.05) is 0 Å². The molecule has 0 atom stereocenters. The van der Waals surface area contributed by atoms with Gasteiger partial charge in [-0.25, -0.2) is 0 Å². The molecule has 0 saturated carbocycles. The monoisotopic (exact) mass is 202 g/mol. The highest BCUT2D eigenvalue weighted by atomic mass is 13.9.